The molecule has 9 nitrogen and oxygen atoms in total. The molecule has 2 aliphatic heterocycles. The highest BCUT2D eigenvalue weighted by Gasteiger charge is 2.44. The van der Waals surface area contributed by atoms with Crippen molar-refractivity contribution in [2.24, 2.45) is 0 Å². The molecule has 4 rings (SSSR count). The van der Waals surface area contributed by atoms with Crippen LogP contribution in [0.1, 0.15) is 56.3 Å². The van der Waals surface area contributed by atoms with E-state index >= 15 is 0 Å². The Bertz CT molecular complexity index is 1400. The highest BCUT2D eigenvalue weighted by Crippen LogP contribution is 2.41. The molecule has 224 valence electrons. The highest BCUT2D eigenvalue weighted by molar-refractivity contribution is 6.00. The number of carbonyl (C=O) groups is 2. The fourth-order valence-corrected chi connectivity index (χ4v) is 4.99. The zero-order chi connectivity index (χ0) is 30.8. The van der Waals surface area contributed by atoms with Crippen LogP contribution < -0.4 is 10.2 Å². The number of anilines is 1. The number of halogens is 3. The molecule has 2 atom stereocenters. The number of aliphatic hydroxyl groups excluding tert-OH is 1. The fraction of sp³-hybridized carbons (Fsp3) is 0.433. The Morgan fingerprint density at radius 2 is 1.86 bits per heavy atom. The predicted molar refractivity (Wildman–Crippen MR) is 149 cm³/mol. The van der Waals surface area contributed by atoms with Gasteiger partial charge in [-0.3, -0.25) is 10.1 Å². The van der Waals surface area contributed by atoms with Gasteiger partial charge in [0.2, 0.25) is 0 Å². The molecule has 0 radical (unpaired) electrons. The minimum Gasteiger partial charge on any atom is -0.444 e. The van der Waals surface area contributed by atoms with Gasteiger partial charge in [-0.1, -0.05) is 18.2 Å². The number of rotatable bonds is 7. The van der Waals surface area contributed by atoms with Crippen LogP contribution >= 0.6 is 0 Å². The zero-order valence-corrected chi connectivity index (χ0v) is 23.9. The molecule has 2 heterocycles. The van der Waals surface area contributed by atoms with Crippen molar-refractivity contribution in [3.8, 4) is 6.07 Å². The summed E-state index contributed by atoms with van der Waals surface area (Å²) in [5, 5.41) is 23.3. The predicted octanol–water partition coefficient (Wildman–Crippen LogP) is 4.75. The van der Waals surface area contributed by atoms with E-state index in [-0.39, 0.29) is 18.1 Å². The second-order valence-electron chi connectivity index (χ2n) is 11.3. The van der Waals surface area contributed by atoms with Crippen LogP contribution in [0.25, 0.3) is 0 Å². The van der Waals surface area contributed by atoms with Crippen LogP contribution in [0.5, 0.6) is 0 Å². The van der Waals surface area contributed by atoms with E-state index in [0.717, 1.165) is 12.1 Å². The van der Waals surface area contributed by atoms with E-state index < -0.39 is 35.8 Å². The molecule has 0 fully saturated rings. The van der Waals surface area contributed by atoms with Crippen molar-refractivity contribution in [2.45, 2.75) is 57.8 Å². The van der Waals surface area contributed by atoms with Gasteiger partial charge in [-0.2, -0.15) is 18.4 Å². The van der Waals surface area contributed by atoms with E-state index in [1.165, 1.54) is 21.9 Å². The molecule has 0 spiro atoms. The summed E-state index contributed by atoms with van der Waals surface area (Å²) in [6.07, 6.45) is -5.32. The maximum absolute atomic E-state index is 13.8. The molecule has 2 amide bonds. The van der Waals surface area contributed by atoms with E-state index in [4.69, 9.17) is 4.74 Å². The fourth-order valence-electron chi connectivity index (χ4n) is 4.99. The lowest BCUT2D eigenvalue weighted by Gasteiger charge is -2.39. The molecule has 0 aliphatic carbocycles. The second-order valence-corrected chi connectivity index (χ2v) is 11.3. The summed E-state index contributed by atoms with van der Waals surface area (Å²) in [5.74, 6) is -0.309. The van der Waals surface area contributed by atoms with E-state index in [9.17, 15) is 33.1 Å². The van der Waals surface area contributed by atoms with Crippen LogP contribution in [0, 0.1) is 11.3 Å². The second kappa shape index (κ2) is 12.0. The number of ether oxygens (including phenoxy) is 1. The number of benzene rings is 2. The first-order valence-corrected chi connectivity index (χ1v) is 13.6. The third-order valence-electron chi connectivity index (χ3n) is 7.01. The Labute approximate surface area is 242 Å². The molecule has 2 aromatic carbocycles. The minimum absolute atomic E-state index is 0.0812. The van der Waals surface area contributed by atoms with Crippen molar-refractivity contribution in [3.05, 3.63) is 76.5 Å². The molecule has 2 aromatic rings. The first kappa shape index (κ1) is 30.9. The molecule has 0 saturated carbocycles. The Morgan fingerprint density at radius 1 is 1.17 bits per heavy atom. The van der Waals surface area contributed by atoms with E-state index in [1.807, 2.05) is 6.07 Å². The molecule has 42 heavy (non-hydrogen) atoms. The molecule has 0 aromatic heterocycles. The van der Waals surface area contributed by atoms with Gasteiger partial charge < -0.3 is 24.5 Å². The maximum atomic E-state index is 13.8. The first-order valence-electron chi connectivity index (χ1n) is 13.6. The summed E-state index contributed by atoms with van der Waals surface area (Å²) >= 11 is 0. The minimum atomic E-state index is -4.59. The number of nitrogens with one attached hydrogen (secondary N) is 1. The third kappa shape index (κ3) is 6.86. The van der Waals surface area contributed by atoms with Gasteiger partial charge in [-0.15, -0.1) is 0 Å². The molecule has 0 saturated heterocycles. The monoisotopic (exact) mass is 585 g/mol. The number of hydrogen-bond donors (Lipinski definition) is 2. The number of alkyl halides is 3. The molecule has 2 N–H and O–H groups in total. The Hall–Kier alpha value is -4.08. The smallest absolute Gasteiger partial charge is 0.416 e. The zero-order valence-electron chi connectivity index (χ0n) is 23.9. The largest absolute Gasteiger partial charge is 0.444 e. The molecule has 2 aliphatic rings. The van der Waals surface area contributed by atoms with Crippen LogP contribution in [0.15, 0.2) is 59.8 Å². The SMILES string of the molecule is CN(CCCCN1CC2=C(C1=O)[C@@H](c1ccc(C#N)cc1)NC(O)N2c1cccc(C(F)(F)F)c1)C(=O)OC(C)(C)C. The molecular formula is C30H34F3N5O4. The van der Waals surface area contributed by atoms with Gasteiger partial charge in [0.15, 0.2) is 6.35 Å². The third-order valence-corrected chi connectivity index (χ3v) is 7.01. The summed E-state index contributed by atoms with van der Waals surface area (Å²) in [4.78, 5) is 30.4. The van der Waals surface area contributed by atoms with Crippen molar-refractivity contribution in [2.75, 3.05) is 31.6 Å². The maximum Gasteiger partial charge on any atom is 0.416 e. The van der Waals surface area contributed by atoms with Crippen molar-refractivity contribution >= 4 is 17.7 Å². The standard InChI is InChI=1S/C30H34F3N5O4/c1-29(2,3)42-28(41)36(4)14-5-6-15-37-18-23-24(26(37)39)25(20-12-10-19(17-34)11-13-20)35-27(40)38(23)22-9-7-8-21(16-22)30(31,32)33/h7-13,16,25,27,35,40H,5-6,14-15,18H2,1-4H3/t25-,27?/m1/s1. The topological polar surface area (TPSA) is 109 Å². The molecule has 1 unspecified atom stereocenters. The van der Waals surface area contributed by atoms with E-state index in [0.29, 0.717) is 48.3 Å². The molecule has 12 heteroatoms. The quantitative estimate of drug-likeness (QED) is 0.452. The summed E-state index contributed by atoms with van der Waals surface area (Å²) < 4.78 is 45.9. The van der Waals surface area contributed by atoms with Gasteiger partial charge in [0.1, 0.15) is 5.60 Å². The molecular weight excluding hydrogens is 551 g/mol. The Morgan fingerprint density at radius 3 is 2.48 bits per heavy atom. The first-order chi connectivity index (χ1) is 19.7. The van der Waals surface area contributed by atoms with Crippen LogP contribution in [-0.4, -0.2) is 65.5 Å². The summed E-state index contributed by atoms with van der Waals surface area (Å²) in [7, 11) is 1.64. The Kier molecular flexibility index (Phi) is 8.84. The van der Waals surface area contributed by atoms with E-state index in [1.54, 1.807) is 57.0 Å². The van der Waals surface area contributed by atoms with Gasteiger partial charge in [0.05, 0.1) is 41.1 Å². The number of unbranched alkanes of at least 4 members (excludes halogenated alkanes) is 1. The number of nitrogens with zero attached hydrogens (tertiary/aromatic N) is 4. The number of nitriles is 1. The highest BCUT2D eigenvalue weighted by atomic mass is 19.4. The van der Waals surface area contributed by atoms with Crippen molar-refractivity contribution in [3.63, 3.8) is 0 Å². The lowest BCUT2D eigenvalue weighted by atomic mass is 9.94. The van der Waals surface area contributed by atoms with E-state index in [2.05, 4.69) is 5.32 Å². The van der Waals surface area contributed by atoms with Crippen molar-refractivity contribution in [1.29, 1.82) is 5.26 Å². The number of hydrogen-bond acceptors (Lipinski definition) is 7. The number of amides is 2. The molecule has 0 bridgehead atoms. The van der Waals surface area contributed by atoms with Crippen molar-refractivity contribution in [1.82, 2.24) is 15.1 Å². The van der Waals surface area contributed by atoms with Crippen molar-refractivity contribution < 1.29 is 32.6 Å². The number of carbonyl (C=O) groups excluding carboxylic acids is 2. The van der Waals surface area contributed by atoms with Gasteiger partial charge in [0, 0.05) is 25.8 Å². The lowest BCUT2D eigenvalue weighted by Crippen LogP contribution is -2.52. The summed E-state index contributed by atoms with van der Waals surface area (Å²) in [6, 6.07) is 12.4. The average molecular weight is 586 g/mol. The average Bonchev–Trinajstić information content (AvgIpc) is 3.24. The van der Waals surface area contributed by atoms with Crippen LogP contribution in [-0.2, 0) is 15.7 Å². The van der Waals surface area contributed by atoms with Gasteiger partial charge in [0.25, 0.3) is 5.91 Å². The van der Waals surface area contributed by atoms with Crippen LogP contribution in [0.4, 0.5) is 23.7 Å². The summed E-state index contributed by atoms with van der Waals surface area (Å²) in [5.41, 5.74) is 0.347. The number of aliphatic hydroxyl groups is 1. The van der Waals surface area contributed by atoms with Gasteiger partial charge >= 0.3 is 12.3 Å². The Balaban J connectivity index is 1.57. The van der Waals surface area contributed by atoms with Gasteiger partial charge in [-0.05, 0) is 69.5 Å². The lowest BCUT2D eigenvalue weighted by molar-refractivity contribution is -0.137. The van der Waals surface area contributed by atoms with Gasteiger partial charge in [-0.25, -0.2) is 4.79 Å². The summed E-state index contributed by atoms with van der Waals surface area (Å²) in [6.45, 7) is 6.18. The van der Waals surface area contributed by atoms with Crippen LogP contribution in [0.2, 0.25) is 0 Å². The normalized spacial score (nSPS) is 19.1. The van der Waals surface area contributed by atoms with Crippen LogP contribution in [0.3, 0.4) is 0 Å².